The maximum Gasteiger partial charge on any atom is 0.144 e. The van der Waals surface area contributed by atoms with Crippen molar-refractivity contribution in [3.8, 4) is 0 Å². The lowest BCUT2D eigenvalue weighted by molar-refractivity contribution is 0.937. The van der Waals surface area contributed by atoms with Crippen molar-refractivity contribution in [1.82, 2.24) is 9.38 Å². The van der Waals surface area contributed by atoms with Gasteiger partial charge in [-0.2, -0.15) is 0 Å². The molecule has 86 valence electrons. The number of halogens is 1. The predicted molar refractivity (Wildman–Crippen MR) is 70.5 cm³/mol. The fourth-order valence-electron chi connectivity index (χ4n) is 2.05. The standard InChI is InChI=1S/C13H12ClN3/c14-10-2-1-9-4-6-17-8-11(3-5-15)16-13(17)12(9)7-10/h1-2,4,6-8H,3,5,15H2. The molecule has 3 nitrogen and oxygen atoms in total. The molecule has 0 spiro atoms. The van der Waals surface area contributed by atoms with Gasteiger partial charge < -0.3 is 10.1 Å². The molecule has 0 radical (unpaired) electrons. The van der Waals surface area contributed by atoms with Crippen molar-refractivity contribution < 1.29 is 0 Å². The monoisotopic (exact) mass is 245 g/mol. The Kier molecular flexibility index (Phi) is 2.50. The van der Waals surface area contributed by atoms with E-state index in [0.717, 1.165) is 33.6 Å². The Bertz CT molecular complexity index is 688. The van der Waals surface area contributed by atoms with E-state index < -0.39 is 0 Å². The van der Waals surface area contributed by atoms with Gasteiger partial charge in [-0.1, -0.05) is 17.7 Å². The van der Waals surface area contributed by atoms with E-state index in [2.05, 4.69) is 11.1 Å². The zero-order valence-electron chi connectivity index (χ0n) is 9.23. The third-order valence-electron chi connectivity index (χ3n) is 2.85. The van der Waals surface area contributed by atoms with Gasteiger partial charge in [0.1, 0.15) is 5.65 Å². The van der Waals surface area contributed by atoms with Crippen molar-refractivity contribution in [2.24, 2.45) is 5.73 Å². The lowest BCUT2D eigenvalue weighted by Gasteiger charge is -2.00. The largest absolute Gasteiger partial charge is 0.330 e. The first-order valence-electron chi connectivity index (χ1n) is 5.54. The van der Waals surface area contributed by atoms with Crippen LogP contribution in [0.4, 0.5) is 0 Å². The smallest absolute Gasteiger partial charge is 0.144 e. The first kappa shape index (κ1) is 10.6. The molecule has 0 aliphatic heterocycles. The number of nitrogens with zero attached hydrogens (tertiary/aromatic N) is 2. The number of imidazole rings is 1. The van der Waals surface area contributed by atoms with E-state index in [9.17, 15) is 0 Å². The Labute approximate surface area is 104 Å². The molecule has 0 saturated heterocycles. The Morgan fingerprint density at radius 2 is 2.18 bits per heavy atom. The molecule has 0 saturated carbocycles. The highest BCUT2D eigenvalue weighted by Crippen LogP contribution is 2.23. The van der Waals surface area contributed by atoms with Gasteiger partial charge >= 0.3 is 0 Å². The Morgan fingerprint density at radius 3 is 3.00 bits per heavy atom. The van der Waals surface area contributed by atoms with Crippen molar-refractivity contribution in [3.05, 3.63) is 47.4 Å². The van der Waals surface area contributed by atoms with Crippen LogP contribution in [0.15, 0.2) is 36.7 Å². The fourth-order valence-corrected chi connectivity index (χ4v) is 2.23. The van der Waals surface area contributed by atoms with E-state index >= 15 is 0 Å². The molecule has 0 atom stereocenters. The molecular formula is C13H12ClN3. The van der Waals surface area contributed by atoms with Crippen molar-refractivity contribution in [2.45, 2.75) is 6.42 Å². The molecule has 4 heteroatoms. The van der Waals surface area contributed by atoms with Crippen LogP contribution in [0.1, 0.15) is 5.69 Å². The number of benzene rings is 1. The van der Waals surface area contributed by atoms with Crippen LogP contribution in [0.3, 0.4) is 0 Å². The van der Waals surface area contributed by atoms with Gasteiger partial charge in [0.25, 0.3) is 0 Å². The fraction of sp³-hybridized carbons (Fsp3) is 0.154. The third kappa shape index (κ3) is 1.77. The highest BCUT2D eigenvalue weighted by Gasteiger charge is 2.05. The molecule has 3 rings (SSSR count). The van der Waals surface area contributed by atoms with Crippen LogP contribution in [0, 0.1) is 0 Å². The lowest BCUT2D eigenvalue weighted by Crippen LogP contribution is -2.02. The number of nitrogens with two attached hydrogens (primary N) is 1. The topological polar surface area (TPSA) is 43.3 Å². The molecule has 3 aromatic rings. The average Bonchev–Trinajstić information content (AvgIpc) is 2.72. The van der Waals surface area contributed by atoms with Crippen molar-refractivity contribution in [3.63, 3.8) is 0 Å². The molecule has 2 heterocycles. The lowest BCUT2D eigenvalue weighted by atomic mass is 10.2. The zero-order chi connectivity index (χ0) is 11.8. The number of fused-ring (bicyclic) bond motifs is 3. The van der Waals surface area contributed by atoms with Gasteiger partial charge in [-0.05, 0) is 30.1 Å². The van der Waals surface area contributed by atoms with E-state index in [1.54, 1.807) is 0 Å². The molecule has 0 bridgehead atoms. The highest BCUT2D eigenvalue weighted by molar-refractivity contribution is 6.31. The van der Waals surface area contributed by atoms with Crippen LogP contribution < -0.4 is 5.73 Å². The third-order valence-corrected chi connectivity index (χ3v) is 3.09. The second kappa shape index (κ2) is 4.02. The van der Waals surface area contributed by atoms with E-state index in [4.69, 9.17) is 17.3 Å². The number of pyridine rings is 1. The minimum absolute atomic E-state index is 0.614. The van der Waals surface area contributed by atoms with Gasteiger partial charge in [-0.3, -0.25) is 0 Å². The molecule has 2 N–H and O–H groups in total. The van der Waals surface area contributed by atoms with Gasteiger partial charge in [0, 0.05) is 29.2 Å². The summed E-state index contributed by atoms with van der Waals surface area (Å²) in [5.41, 5.74) is 7.50. The van der Waals surface area contributed by atoms with Crippen molar-refractivity contribution in [1.29, 1.82) is 0 Å². The summed E-state index contributed by atoms with van der Waals surface area (Å²) in [6.07, 6.45) is 4.82. The van der Waals surface area contributed by atoms with Gasteiger partial charge in [0.2, 0.25) is 0 Å². The van der Waals surface area contributed by atoms with Gasteiger partial charge in [-0.15, -0.1) is 0 Å². The molecule has 17 heavy (non-hydrogen) atoms. The summed E-state index contributed by atoms with van der Waals surface area (Å²) in [4.78, 5) is 4.60. The Morgan fingerprint density at radius 1 is 1.29 bits per heavy atom. The number of hydrogen-bond acceptors (Lipinski definition) is 2. The van der Waals surface area contributed by atoms with E-state index in [0.29, 0.717) is 6.54 Å². The quantitative estimate of drug-likeness (QED) is 0.754. The van der Waals surface area contributed by atoms with Gasteiger partial charge in [0.05, 0.1) is 5.69 Å². The van der Waals surface area contributed by atoms with Crippen LogP contribution in [0.5, 0.6) is 0 Å². The second-order valence-electron chi connectivity index (χ2n) is 4.05. The average molecular weight is 246 g/mol. The van der Waals surface area contributed by atoms with Crippen LogP contribution in [0.2, 0.25) is 5.02 Å². The molecule has 0 fully saturated rings. The summed E-state index contributed by atoms with van der Waals surface area (Å²) < 4.78 is 2.02. The number of rotatable bonds is 2. The maximum atomic E-state index is 6.03. The van der Waals surface area contributed by atoms with Crippen LogP contribution in [-0.2, 0) is 6.42 Å². The summed E-state index contributed by atoms with van der Waals surface area (Å²) in [5.74, 6) is 0. The molecule has 1 aromatic carbocycles. The highest BCUT2D eigenvalue weighted by atomic mass is 35.5. The Balaban J connectivity index is 2.33. The summed E-state index contributed by atoms with van der Waals surface area (Å²) in [6.45, 7) is 0.614. The summed E-state index contributed by atoms with van der Waals surface area (Å²) in [6, 6.07) is 7.91. The maximum absolute atomic E-state index is 6.03. The molecule has 0 aliphatic carbocycles. The first-order chi connectivity index (χ1) is 8.28. The minimum Gasteiger partial charge on any atom is -0.330 e. The van der Waals surface area contributed by atoms with E-state index in [1.807, 2.05) is 35.0 Å². The first-order valence-corrected chi connectivity index (χ1v) is 5.91. The van der Waals surface area contributed by atoms with Crippen molar-refractivity contribution in [2.75, 3.05) is 6.54 Å². The molecule has 2 aromatic heterocycles. The summed E-state index contributed by atoms with van der Waals surface area (Å²) in [7, 11) is 0. The van der Waals surface area contributed by atoms with Crippen LogP contribution >= 0.6 is 11.6 Å². The zero-order valence-corrected chi connectivity index (χ0v) is 9.98. The summed E-state index contributed by atoms with van der Waals surface area (Å²) >= 11 is 6.03. The van der Waals surface area contributed by atoms with Crippen LogP contribution in [-0.4, -0.2) is 15.9 Å². The second-order valence-corrected chi connectivity index (χ2v) is 4.49. The SMILES string of the molecule is NCCc1cn2ccc3ccc(Cl)cc3c2n1. The van der Waals surface area contributed by atoms with Crippen molar-refractivity contribution >= 4 is 28.0 Å². The summed E-state index contributed by atoms with van der Waals surface area (Å²) in [5, 5.41) is 2.95. The van der Waals surface area contributed by atoms with Gasteiger partial charge in [0.15, 0.2) is 0 Å². The van der Waals surface area contributed by atoms with Gasteiger partial charge in [-0.25, -0.2) is 4.98 Å². The molecular weight excluding hydrogens is 234 g/mol. The van der Waals surface area contributed by atoms with E-state index in [-0.39, 0.29) is 0 Å². The Hall–Kier alpha value is -1.58. The predicted octanol–water partition coefficient (Wildman–Crippen LogP) is 2.64. The molecule has 0 unspecified atom stereocenters. The number of hydrogen-bond donors (Lipinski definition) is 1. The molecule has 0 aliphatic rings. The molecule has 0 amide bonds. The normalized spacial score (nSPS) is 11.4. The number of aromatic nitrogens is 2. The minimum atomic E-state index is 0.614. The van der Waals surface area contributed by atoms with Crippen LogP contribution in [0.25, 0.3) is 16.4 Å². The van der Waals surface area contributed by atoms with E-state index in [1.165, 1.54) is 0 Å².